The highest BCUT2D eigenvalue weighted by atomic mass is 19.1. The van der Waals surface area contributed by atoms with Gasteiger partial charge < -0.3 is 15.4 Å². The molecule has 1 heterocycles. The van der Waals surface area contributed by atoms with Crippen LogP contribution < -0.4 is 15.4 Å². The van der Waals surface area contributed by atoms with Gasteiger partial charge in [-0.05, 0) is 47.5 Å². The number of halogens is 1. The molecular weight excluding hydrogens is 355 g/mol. The monoisotopic (exact) mass is 378 g/mol. The van der Waals surface area contributed by atoms with E-state index in [9.17, 15) is 4.39 Å². The molecule has 3 rings (SSSR count). The molecule has 0 aliphatic carbocycles. The number of nitrogens with zero attached hydrogens (tertiary/aromatic N) is 2. The molecule has 2 N–H and O–H groups in total. The van der Waals surface area contributed by atoms with E-state index < -0.39 is 0 Å². The van der Waals surface area contributed by atoms with Gasteiger partial charge in [0.15, 0.2) is 5.96 Å². The molecule has 0 fully saturated rings. The lowest BCUT2D eigenvalue weighted by atomic mass is 10.2. The Morgan fingerprint density at radius 2 is 1.75 bits per heavy atom. The fourth-order valence-electron chi connectivity index (χ4n) is 2.58. The molecule has 0 saturated heterocycles. The van der Waals surface area contributed by atoms with Crippen molar-refractivity contribution in [2.24, 2.45) is 4.99 Å². The van der Waals surface area contributed by atoms with E-state index in [0.29, 0.717) is 25.7 Å². The van der Waals surface area contributed by atoms with E-state index in [1.54, 1.807) is 19.3 Å². The van der Waals surface area contributed by atoms with Crippen molar-refractivity contribution >= 4 is 5.96 Å². The Balaban J connectivity index is 1.45. The summed E-state index contributed by atoms with van der Waals surface area (Å²) in [6.07, 6.45) is 1.75. The topological polar surface area (TPSA) is 58.5 Å². The van der Waals surface area contributed by atoms with Gasteiger partial charge in [-0.2, -0.15) is 0 Å². The van der Waals surface area contributed by atoms with E-state index in [1.165, 1.54) is 12.1 Å². The Hall–Kier alpha value is -3.41. The van der Waals surface area contributed by atoms with Crippen LogP contribution in [-0.2, 0) is 19.7 Å². The predicted molar refractivity (Wildman–Crippen MR) is 108 cm³/mol. The van der Waals surface area contributed by atoms with Crippen molar-refractivity contribution in [2.45, 2.75) is 19.7 Å². The van der Waals surface area contributed by atoms with E-state index in [4.69, 9.17) is 4.74 Å². The van der Waals surface area contributed by atoms with E-state index >= 15 is 0 Å². The zero-order chi connectivity index (χ0) is 19.6. The van der Waals surface area contributed by atoms with Gasteiger partial charge in [0.25, 0.3) is 0 Å². The second-order valence-corrected chi connectivity index (χ2v) is 6.16. The highest BCUT2D eigenvalue weighted by molar-refractivity contribution is 5.79. The van der Waals surface area contributed by atoms with Crippen LogP contribution in [0.15, 0.2) is 77.9 Å². The molecule has 1 aromatic heterocycles. The van der Waals surface area contributed by atoms with Gasteiger partial charge in [0, 0.05) is 26.3 Å². The van der Waals surface area contributed by atoms with Gasteiger partial charge in [-0.1, -0.05) is 30.3 Å². The maximum Gasteiger partial charge on any atom is 0.191 e. The number of guanidine groups is 1. The average molecular weight is 378 g/mol. The zero-order valence-corrected chi connectivity index (χ0v) is 15.7. The molecule has 0 radical (unpaired) electrons. The molecule has 0 amide bonds. The van der Waals surface area contributed by atoms with Crippen LogP contribution in [0.2, 0.25) is 0 Å². The summed E-state index contributed by atoms with van der Waals surface area (Å²) in [5.74, 6) is 1.20. The second kappa shape index (κ2) is 10.1. The first-order valence-corrected chi connectivity index (χ1v) is 9.03. The first-order chi connectivity index (χ1) is 13.7. The quantitative estimate of drug-likeness (QED) is 0.487. The van der Waals surface area contributed by atoms with Gasteiger partial charge in [0.05, 0.1) is 5.69 Å². The highest BCUT2D eigenvalue weighted by Crippen LogP contribution is 2.13. The van der Waals surface area contributed by atoms with Crippen LogP contribution in [-0.4, -0.2) is 18.0 Å². The van der Waals surface area contributed by atoms with Crippen LogP contribution in [0.4, 0.5) is 4.39 Å². The van der Waals surface area contributed by atoms with Crippen LogP contribution in [0.1, 0.15) is 16.8 Å². The highest BCUT2D eigenvalue weighted by Gasteiger charge is 2.01. The lowest BCUT2D eigenvalue weighted by Gasteiger charge is -2.12. The van der Waals surface area contributed by atoms with Crippen LogP contribution in [0, 0.1) is 5.82 Å². The fraction of sp³-hybridized carbons (Fsp3) is 0.182. The number of benzene rings is 2. The average Bonchev–Trinajstić information content (AvgIpc) is 2.74. The first-order valence-electron chi connectivity index (χ1n) is 9.03. The maximum absolute atomic E-state index is 13.2. The number of hydrogen-bond donors (Lipinski definition) is 2. The minimum absolute atomic E-state index is 0.243. The lowest BCUT2D eigenvalue weighted by Crippen LogP contribution is -2.36. The molecule has 0 aliphatic rings. The van der Waals surface area contributed by atoms with Crippen molar-refractivity contribution in [3.8, 4) is 5.75 Å². The Bertz CT molecular complexity index is 898. The van der Waals surface area contributed by atoms with Gasteiger partial charge in [-0.3, -0.25) is 9.98 Å². The molecule has 0 atom stereocenters. The number of aliphatic imine (C=N–C) groups is 1. The lowest BCUT2D eigenvalue weighted by molar-refractivity contribution is 0.301. The SMILES string of the molecule is CN=C(NCc1ccc(OCc2ccccn2)cc1)NCc1cccc(F)c1. The summed E-state index contributed by atoms with van der Waals surface area (Å²) in [5.41, 5.74) is 2.85. The summed E-state index contributed by atoms with van der Waals surface area (Å²) < 4.78 is 19.0. The Kier molecular flexibility index (Phi) is 6.95. The molecule has 2 aromatic carbocycles. The summed E-state index contributed by atoms with van der Waals surface area (Å²) in [6.45, 7) is 1.55. The molecule has 144 valence electrons. The number of nitrogens with one attached hydrogen (secondary N) is 2. The normalized spacial score (nSPS) is 11.1. The fourth-order valence-corrected chi connectivity index (χ4v) is 2.58. The van der Waals surface area contributed by atoms with Crippen LogP contribution in [0.25, 0.3) is 0 Å². The molecule has 5 nitrogen and oxygen atoms in total. The van der Waals surface area contributed by atoms with Gasteiger partial charge in [-0.15, -0.1) is 0 Å². The van der Waals surface area contributed by atoms with E-state index in [1.807, 2.05) is 48.5 Å². The summed E-state index contributed by atoms with van der Waals surface area (Å²) in [5, 5.41) is 6.42. The van der Waals surface area contributed by atoms with Crippen molar-refractivity contribution in [3.63, 3.8) is 0 Å². The smallest absolute Gasteiger partial charge is 0.191 e. The first kappa shape index (κ1) is 19.4. The number of ether oxygens (including phenoxy) is 1. The number of pyridine rings is 1. The molecule has 6 heteroatoms. The van der Waals surface area contributed by atoms with Crippen molar-refractivity contribution in [3.05, 3.63) is 95.6 Å². The summed E-state index contributed by atoms with van der Waals surface area (Å²) in [7, 11) is 1.70. The Morgan fingerprint density at radius 3 is 2.43 bits per heavy atom. The summed E-state index contributed by atoms with van der Waals surface area (Å²) in [6, 6.07) is 20.1. The van der Waals surface area contributed by atoms with Crippen LogP contribution in [0.5, 0.6) is 5.75 Å². The van der Waals surface area contributed by atoms with Gasteiger partial charge >= 0.3 is 0 Å². The van der Waals surface area contributed by atoms with Gasteiger partial charge in [0.1, 0.15) is 18.2 Å². The standard InChI is InChI=1S/C22H23FN4O/c1-24-22(27-15-18-5-4-6-19(23)13-18)26-14-17-8-10-21(11-9-17)28-16-20-7-2-3-12-25-20/h2-13H,14-16H2,1H3,(H2,24,26,27). The minimum Gasteiger partial charge on any atom is -0.487 e. The Labute approximate surface area is 164 Å². The molecule has 28 heavy (non-hydrogen) atoms. The Morgan fingerprint density at radius 1 is 0.964 bits per heavy atom. The van der Waals surface area contributed by atoms with E-state index in [2.05, 4.69) is 20.6 Å². The third-order valence-electron chi connectivity index (χ3n) is 4.07. The van der Waals surface area contributed by atoms with Gasteiger partial charge in [-0.25, -0.2) is 4.39 Å². The number of aromatic nitrogens is 1. The number of rotatable bonds is 7. The van der Waals surface area contributed by atoms with Crippen LogP contribution in [0.3, 0.4) is 0 Å². The van der Waals surface area contributed by atoms with Crippen molar-refractivity contribution in [1.82, 2.24) is 15.6 Å². The third-order valence-corrected chi connectivity index (χ3v) is 4.07. The molecule has 0 aliphatic heterocycles. The molecule has 0 spiro atoms. The maximum atomic E-state index is 13.2. The zero-order valence-electron chi connectivity index (χ0n) is 15.7. The second-order valence-electron chi connectivity index (χ2n) is 6.16. The molecule has 0 unspecified atom stereocenters. The van der Waals surface area contributed by atoms with Crippen molar-refractivity contribution in [2.75, 3.05) is 7.05 Å². The largest absolute Gasteiger partial charge is 0.487 e. The van der Waals surface area contributed by atoms with E-state index in [-0.39, 0.29) is 5.82 Å². The summed E-state index contributed by atoms with van der Waals surface area (Å²) in [4.78, 5) is 8.43. The third kappa shape index (κ3) is 6.09. The van der Waals surface area contributed by atoms with Crippen LogP contribution >= 0.6 is 0 Å². The molecule has 0 saturated carbocycles. The molecule has 3 aromatic rings. The minimum atomic E-state index is -0.243. The predicted octanol–water partition coefficient (Wildman–Crippen LogP) is 3.66. The molecule has 0 bridgehead atoms. The summed E-state index contributed by atoms with van der Waals surface area (Å²) >= 11 is 0. The van der Waals surface area contributed by atoms with Gasteiger partial charge in [0.2, 0.25) is 0 Å². The van der Waals surface area contributed by atoms with E-state index in [0.717, 1.165) is 22.6 Å². The number of hydrogen-bond acceptors (Lipinski definition) is 3. The van der Waals surface area contributed by atoms with Crippen molar-refractivity contribution < 1.29 is 9.13 Å². The molecular formula is C22H23FN4O. The van der Waals surface area contributed by atoms with Crippen molar-refractivity contribution in [1.29, 1.82) is 0 Å².